The van der Waals surface area contributed by atoms with Gasteiger partial charge in [0.15, 0.2) is 0 Å². The SMILES string of the molecule is COc1cc2c(NC3CCN(C(C)C)CC3)nc(N3CCCCCC3)nc2cc1C#CCCN(C)C.COc1cc2c(NC3CCN(C(C)C)CC3)nc(N3CCCCCC3)nc2cc1C#CCCN(C)C. The molecule has 2 aromatic heterocycles. The minimum atomic E-state index is 0.409. The third kappa shape index (κ3) is 15.5. The quantitative estimate of drug-likeness (QED) is 0.117. The smallest absolute Gasteiger partial charge is 0.227 e. The van der Waals surface area contributed by atoms with Gasteiger partial charge in [-0.05, 0) is 132 Å². The van der Waals surface area contributed by atoms with Crippen molar-refractivity contribution < 1.29 is 9.47 Å². The Hall–Kier alpha value is -5.12. The second-order valence-electron chi connectivity index (χ2n) is 21.5. The number of hydrogen-bond acceptors (Lipinski definition) is 14. The number of piperidine rings is 2. The molecule has 4 fully saturated rings. The predicted octanol–water partition coefficient (Wildman–Crippen LogP) is 9.21. The van der Waals surface area contributed by atoms with E-state index in [0.717, 1.165) is 172 Å². The van der Waals surface area contributed by atoms with E-state index in [4.69, 9.17) is 29.4 Å². The topological polar surface area (TPSA) is 114 Å². The molecule has 4 aromatic rings. The highest BCUT2D eigenvalue weighted by Gasteiger charge is 2.26. The van der Waals surface area contributed by atoms with E-state index in [1.807, 2.05) is 0 Å². The number of hydrogen-bond donors (Lipinski definition) is 2. The van der Waals surface area contributed by atoms with Gasteiger partial charge < -0.3 is 49.5 Å². The number of likely N-dealkylation sites (tertiary alicyclic amines) is 2. The largest absolute Gasteiger partial charge is 0.495 e. The lowest BCUT2D eigenvalue weighted by atomic mass is 10.0. The van der Waals surface area contributed by atoms with Crippen LogP contribution in [0.15, 0.2) is 24.3 Å². The second-order valence-corrected chi connectivity index (χ2v) is 21.5. The van der Waals surface area contributed by atoms with Gasteiger partial charge in [0, 0.05) is 113 Å². The Labute approximate surface area is 433 Å². The molecule has 4 aliphatic heterocycles. The summed E-state index contributed by atoms with van der Waals surface area (Å²) in [6.07, 6.45) is 16.0. The van der Waals surface area contributed by atoms with Crippen molar-refractivity contribution in [2.24, 2.45) is 0 Å². The van der Waals surface area contributed by atoms with E-state index >= 15 is 0 Å². The number of benzene rings is 2. The highest BCUT2D eigenvalue weighted by Crippen LogP contribution is 2.34. The fourth-order valence-electron chi connectivity index (χ4n) is 10.2. The molecule has 0 unspecified atom stereocenters. The summed E-state index contributed by atoms with van der Waals surface area (Å²) >= 11 is 0. The van der Waals surface area contributed by atoms with Gasteiger partial charge in [-0.1, -0.05) is 49.4 Å². The molecule has 14 nitrogen and oxygen atoms in total. The van der Waals surface area contributed by atoms with Gasteiger partial charge in [0.05, 0.1) is 36.4 Å². The molecule has 0 saturated carbocycles. The fourth-order valence-corrected chi connectivity index (χ4v) is 10.2. The Balaban J connectivity index is 0.000000211. The normalized spacial score (nSPS) is 17.8. The standard InChI is InChI=1S/2C29H44N6O/c2*1-22(2)34-18-13-24(14-19-34)30-28-25-21-27(36-5)23(12-8-11-15-33(3)4)20-26(25)31-29(32-28)35-16-9-6-7-10-17-35/h2*20-22,24H,6-7,9-11,13-19H2,1-5H3,(H,30,31,32). The van der Waals surface area contributed by atoms with E-state index in [9.17, 15) is 0 Å². The Morgan fingerprint density at radius 1 is 0.528 bits per heavy atom. The molecule has 72 heavy (non-hydrogen) atoms. The molecule has 6 heterocycles. The summed E-state index contributed by atoms with van der Waals surface area (Å²) in [7, 11) is 11.7. The van der Waals surface area contributed by atoms with Crippen LogP contribution >= 0.6 is 0 Å². The average molecular weight is 985 g/mol. The lowest BCUT2D eigenvalue weighted by Crippen LogP contribution is -2.42. The molecule has 0 atom stereocenters. The van der Waals surface area contributed by atoms with E-state index in [1.165, 1.54) is 51.4 Å². The number of rotatable bonds is 14. The number of aromatic nitrogens is 4. The van der Waals surface area contributed by atoms with Crippen LogP contribution in [0.3, 0.4) is 0 Å². The Morgan fingerprint density at radius 3 is 1.21 bits per heavy atom. The molecule has 0 bridgehead atoms. The second kappa shape index (κ2) is 27.2. The maximum absolute atomic E-state index is 5.77. The van der Waals surface area contributed by atoms with Crippen LogP contribution in [0.1, 0.15) is 129 Å². The van der Waals surface area contributed by atoms with Gasteiger partial charge in [-0.2, -0.15) is 9.97 Å². The summed E-state index contributed by atoms with van der Waals surface area (Å²) in [4.78, 5) is 34.5. The highest BCUT2D eigenvalue weighted by molar-refractivity contribution is 5.94. The molecular formula is C58H88N12O2. The minimum Gasteiger partial charge on any atom is -0.495 e. The zero-order valence-electron chi connectivity index (χ0n) is 45.9. The maximum atomic E-state index is 5.77. The molecule has 392 valence electrons. The van der Waals surface area contributed by atoms with Crippen LogP contribution < -0.4 is 29.9 Å². The molecule has 14 heteroatoms. The van der Waals surface area contributed by atoms with Crippen LogP contribution in [0.4, 0.5) is 23.5 Å². The zero-order valence-corrected chi connectivity index (χ0v) is 45.9. The molecule has 8 rings (SSSR count). The highest BCUT2D eigenvalue weighted by atomic mass is 16.5. The number of methoxy groups -OCH3 is 2. The number of anilines is 4. The summed E-state index contributed by atoms with van der Waals surface area (Å²) in [5.74, 6) is 18.4. The van der Waals surface area contributed by atoms with Crippen LogP contribution in [0.25, 0.3) is 21.8 Å². The van der Waals surface area contributed by atoms with Crippen molar-refractivity contribution in [3.05, 3.63) is 35.4 Å². The van der Waals surface area contributed by atoms with Crippen molar-refractivity contribution in [3.8, 4) is 35.2 Å². The van der Waals surface area contributed by atoms with Gasteiger partial charge >= 0.3 is 0 Å². The predicted molar refractivity (Wildman–Crippen MR) is 300 cm³/mol. The van der Waals surface area contributed by atoms with Crippen LogP contribution in [-0.2, 0) is 0 Å². The molecule has 4 aliphatic rings. The van der Waals surface area contributed by atoms with Crippen molar-refractivity contribution in [1.82, 2.24) is 39.5 Å². The zero-order chi connectivity index (χ0) is 51.0. The first-order valence-corrected chi connectivity index (χ1v) is 27.5. The molecule has 0 aliphatic carbocycles. The van der Waals surface area contributed by atoms with E-state index in [2.05, 4.69) is 144 Å². The van der Waals surface area contributed by atoms with E-state index < -0.39 is 0 Å². The van der Waals surface area contributed by atoms with Crippen molar-refractivity contribution in [3.63, 3.8) is 0 Å². The van der Waals surface area contributed by atoms with E-state index in [-0.39, 0.29) is 0 Å². The molecule has 4 saturated heterocycles. The fraction of sp³-hybridized carbons (Fsp3) is 0.655. The van der Waals surface area contributed by atoms with Gasteiger partial charge in [-0.25, -0.2) is 9.97 Å². The first-order chi connectivity index (χ1) is 34.9. The summed E-state index contributed by atoms with van der Waals surface area (Å²) in [5.41, 5.74) is 3.65. The number of nitrogens with one attached hydrogen (secondary N) is 2. The molecule has 2 aromatic carbocycles. The van der Waals surface area contributed by atoms with Crippen LogP contribution in [0, 0.1) is 23.7 Å². The first kappa shape index (κ1) is 54.6. The maximum Gasteiger partial charge on any atom is 0.227 e. The lowest BCUT2D eigenvalue weighted by molar-refractivity contribution is 0.177. The van der Waals surface area contributed by atoms with Crippen LogP contribution in [0.5, 0.6) is 11.5 Å². The Morgan fingerprint density at radius 2 is 0.889 bits per heavy atom. The van der Waals surface area contributed by atoms with Gasteiger partial charge in [0.25, 0.3) is 0 Å². The van der Waals surface area contributed by atoms with Crippen molar-refractivity contribution in [2.75, 3.05) is 128 Å². The molecular weight excluding hydrogens is 897 g/mol. The van der Waals surface area contributed by atoms with Crippen LogP contribution in [-0.4, -0.2) is 172 Å². The minimum absolute atomic E-state index is 0.409. The van der Waals surface area contributed by atoms with E-state index in [1.54, 1.807) is 14.2 Å². The monoisotopic (exact) mass is 985 g/mol. The summed E-state index contributed by atoms with van der Waals surface area (Å²) in [5, 5.41) is 9.64. The van der Waals surface area contributed by atoms with Crippen molar-refractivity contribution in [2.45, 2.75) is 142 Å². The Bertz CT molecular complexity index is 2280. The summed E-state index contributed by atoms with van der Waals surface area (Å²) in [6, 6.07) is 10.3. The summed E-state index contributed by atoms with van der Waals surface area (Å²) in [6.45, 7) is 19.6. The van der Waals surface area contributed by atoms with Crippen LogP contribution in [0.2, 0.25) is 0 Å². The third-order valence-electron chi connectivity index (χ3n) is 14.8. The van der Waals surface area contributed by atoms with Gasteiger partial charge in [0.2, 0.25) is 11.9 Å². The van der Waals surface area contributed by atoms with Crippen molar-refractivity contribution >= 4 is 45.3 Å². The molecule has 0 spiro atoms. The van der Waals surface area contributed by atoms with Gasteiger partial charge in [-0.15, -0.1) is 0 Å². The number of ether oxygens (including phenoxy) is 2. The molecule has 0 amide bonds. The van der Waals surface area contributed by atoms with Gasteiger partial charge in [0.1, 0.15) is 23.1 Å². The van der Waals surface area contributed by atoms with E-state index in [0.29, 0.717) is 24.2 Å². The summed E-state index contributed by atoms with van der Waals surface area (Å²) < 4.78 is 11.5. The lowest BCUT2D eigenvalue weighted by Gasteiger charge is -2.35. The molecule has 0 radical (unpaired) electrons. The number of fused-ring (bicyclic) bond motifs is 2. The molecule has 2 N–H and O–H groups in total. The number of nitrogens with zero attached hydrogens (tertiary/aromatic N) is 10. The van der Waals surface area contributed by atoms with Crippen molar-refractivity contribution in [1.29, 1.82) is 0 Å². The van der Waals surface area contributed by atoms with Gasteiger partial charge in [-0.3, -0.25) is 0 Å². The average Bonchev–Trinajstić information content (AvgIpc) is 3.83. The first-order valence-electron chi connectivity index (χ1n) is 27.5. The third-order valence-corrected chi connectivity index (χ3v) is 14.8. The Kier molecular flexibility index (Phi) is 20.7.